The third-order valence-electron chi connectivity index (χ3n) is 4.79. The molecule has 2 atom stereocenters. The molecule has 0 aliphatic rings. The summed E-state index contributed by atoms with van der Waals surface area (Å²) >= 11 is 3.03. The van der Waals surface area contributed by atoms with Gasteiger partial charge in [-0.05, 0) is 26.0 Å². The third-order valence-corrected chi connectivity index (χ3v) is 9.49. The van der Waals surface area contributed by atoms with Gasteiger partial charge in [0.2, 0.25) is 21.8 Å². The number of rotatable bonds is 13. The van der Waals surface area contributed by atoms with Crippen molar-refractivity contribution in [2.75, 3.05) is 24.6 Å². The molecule has 9 nitrogen and oxygen atoms in total. The van der Waals surface area contributed by atoms with Gasteiger partial charge < -0.3 is 15.7 Å². The molecule has 0 aliphatic carbocycles. The number of carboxylic acid groups (broad SMARTS) is 1. The summed E-state index contributed by atoms with van der Waals surface area (Å²) in [5, 5.41) is 14.7. The first kappa shape index (κ1) is 33.3. The van der Waals surface area contributed by atoms with Crippen LogP contribution < -0.4 is 10.6 Å². The number of aliphatic carboxylic acids is 1. The van der Waals surface area contributed by atoms with Gasteiger partial charge in [-0.1, -0.05) is 59.2 Å². The Labute approximate surface area is 230 Å². The standard InChI is InChI=1S/C25H41N3O6S3/c1-17-9-11-19(12-10-17)37(33,34)28(13-21(29)26-18(2)15-35-24(3,4)5)14-22(30)27-20(23(31)32)16-36-25(6,7)8/h9-12,18,20H,13-16H2,1-8H3,(H,26,29)(H,27,30)(H,31,32)/t18-,20+/m0/s1. The van der Waals surface area contributed by atoms with Gasteiger partial charge in [-0.15, -0.1) is 0 Å². The highest BCUT2D eigenvalue weighted by Crippen LogP contribution is 2.24. The van der Waals surface area contributed by atoms with Crippen molar-refractivity contribution < 1.29 is 27.9 Å². The van der Waals surface area contributed by atoms with E-state index in [0.717, 1.165) is 9.87 Å². The number of carboxylic acids is 1. The number of aryl methyl sites for hydroxylation is 1. The zero-order chi connectivity index (χ0) is 28.6. The minimum atomic E-state index is -4.22. The summed E-state index contributed by atoms with van der Waals surface area (Å²) in [5.74, 6) is -1.84. The van der Waals surface area contributed by atoms with Gasteiger partial charge in [0.05, 0.1) is 18.0 Å². The van der Waals surface area contributed by atoms with Crippen LogP contribution in [0, 0.1) is 6.92 Å². The van der Waals surface area contributed by atoms with Crippen molar-refractivity contribution in [3.63, 3.8) is 0 Å². The highest BCUT2D eigenvalue weighted by atomic mass is 32.2. The van der Waals surface area contributed by atoms with Crippen LogP contribution in [0.15, 0.2) is 29.2 Å². The Hall–Kier alpha value is -1.76. The molecule has 0 saturated carbocycles. The molecule has 0 spiro atoms. The van der Waals surface area contributed by atoms with E-state index in [4.69, 9.17) is 0 Å². The van der Waals surface area contributed by atoms with E-state index in [1.807, 2.05) is 34.6 Å². The average Bonchev–Trinajstić information content (AvgIpc) is 2.73. The molecule has 0 unspecified atom stereocenters. The summed E-state index contributed by atoms with van der Waals surface area (Å²) in [7, 11) is -4.22. The maximum Gasteiger partial charge on any atom is 0.327 e. The van der Waals surface area contributed by atoms with Crippen LogP contribution in [0.5, 0.6) is 0 Å². The van der Waals surface area contributed by atoms with Crippen LogP contribution in [0.3, 0.4) is 0 Å². The first-order valence-corrected chi connectivity index (χ1v) is 15.4. The number of benzene rings is 1. The number of hydrogen-bond donors (Lipinski definition) is 3. The minimum absolute atomic E-state index is 0.00382. The molecular weight excluding hydrogens is 534 g/mol. The van der Waals surface area contributed by atoms with Gasteiger partial charge in [-0.3, -0.25) is 9.59 Å². The minimum Gasteiger partial charge on any atom is -0.480 e. The summed E-state index contributed by atoms with van der Waals surface area (Å²) < 4.78 is 27.3. The van der Waals surface area contributed by atoms with E-state index in [1.54, 1.807) is 23.9 Å². The van der Waals surface area contributed by atoms with Crippen molar-refractivity contribution in [2.45, 2.75) is 81.9 Å². The van der Waals surface area contributed by atoms with Gasteiger partial charge >= 0.3 is 5.97 Å². The summed E-state index contributed by atoms with van der Waals surface area (Å²) in [5.41, 5.74) is 0.854. The largest absolute Gasteiger partial charge is 0.480 e. The molecule has 1 aromatic carbocycles. The normalized spacial score (nSPS) is 14.2. The van der Waals surface area contributed by atoms with Crippen LogP contribution in [0.25, 0.3) is 0 Å². The monoisotopic (exact) mass is 575 g/mol. The lowest BCUT2D eigenvalue weighted by atomic mass is 10.2. The first-order valence-electron chi connectivity index (χ1n) is 12.0. The number of carbonyl (C=O) groups is 3. The molecule has 0 aromatic heterocycles. The van der Waals surface area contributed by atoms with Gasteiger partial charge in [-0.25, -0.2) is 13.2 Å². The maximum atomic E-state index is 13.4. The van der Waals surface area contributed by atoms with Crippen LogP contribution >= 0.6 is 23.5 Å². The molecule has 0 bridgehead atoms. The quantitative estimate of drug-likeness (QED) is 0.327. The second-order valence-electron chi connectivity index (χ2n) is 10.9. The van der Waals surface area contributed by atoms with Crippen LogP contribution in [0.1, 0.15) is 54.0 Å². The van der Waals surface area contributed by atoms with Gasteiger partial charge in [0.15, 0.2) is 0 Å². The zero-order valence-electron chi connectivity index (χ0n) is 23.0. The van der Waals surface area contributed by atoms with E-state index in [-0.39, 0.29) is 26.2 Å². The van der Waals surface area contributed by atoms with Crippen molar-refractivity contribution in [2.24, 2.45) is 0 Å². The molecule has 2 amide bonds. The fourth-order valence-corrected chi connectivity index (χ4v) is 5.97. The summed E-state index contributed by atoms with van der Waals surface area (Å²) in [6, 6.07) is 4.65. The number of hydrogen-bond acceptors (Lipinski definition) is 7. The van der Waals surface area contributed by atoms with Crippen LogP contribution in [0.4, 0.5) is 0 Å². The molecule has 0 saturated heterocycles. The average molecular weight is 576 g/mol. The number of carbonyl (C=O) groups excluding carboxylic acids is 2. The van der Waals surface area contributed by atoms with Gasteiger partial charge in [0.1, 0.15) is 6.04 Å². The molecule has 0 fully saturated rings. The van der Waals surface area contributed by atoms with Crippen LogP contribution in [0.2, 0.25) is 0 Å². The third kappa shape index (κ3) is 13.0. The molecule has 0 aliphatic heterocycles. The number of sulfonamides is 1. The lowest BCUT2D eigenvalue weighted by molar-refractivity contribution is -0.141. The molecular formula is C25H41N3O6S3. The lowest BCUT2D eigenvalue weighted by Crippen LogP contribution is -2.50. The molecule has 1 aromatic rings. The van der Waals surface area contributed by atoms with E-state index in [0.29, 0.717) is 5.75 Å². The Kier molecular flexibility index (Phi) is 12.5. The summed E-state index contributed by atoms with van der Waals surface area (Å²) in [4.78, 5) is 37.2. The summed E-state index contributed by atoms with van der Waals surface area (Å²) in [6.07, 6.45) is 0. The number of thioether (sulfide) groups is 2. The van der Waals surface area contributed by atoms with E-state index >= 15 is 0 Å². The molecule has 12 heteroatoms. The lowest BCUT2D eigenvalue weighted by Gasteiger charge is -2.25. The van der Waals surface area contributed by atoms with E-state index in [1.165, 1.54) is 23.9 Å². The summed E-state index contributed by atoms with van der Waals surface area (Å²) in [6.45, 7) is 14.3. The number of nitrogens with one attached hydrogen (secondary N) is 2. The highest BCUT2D eigenvalue weighted by Gasteiger charge is 2.31. The predicted octanol–water partition coefficient (Wildman–Crippen LogP) is 3.12. The fourth-order valence-electron chi connectivity index (χ4n) is 2.89. The maximum absolute atomic E-state index is 13.4. The Morgan fingerprint density at radius 2 is 1.35 bits per heavy atom. The Bertz CT molecular complexity index is 1030. The molecule has 0 heterocycles. The zero-order valence-corrected chi connectivity index (χ0v) is 25.4. The SMILES string of the molecule is Cc1ccc(S(=O)(=O)N(CC(=O)N[C@@H](C)CSC(C)(C)C)CC(=O)N[C@H](CSC(C)(C)C)C(=O)O)cc1. The second kappa shape index (κ2) is 13.9. The van der Waals surface area contributed by atoms with E-state index in [9.17, 15) is 27.9 Å². The Morgan fingerprint density at radius 1 is 0.892 bits per heavy atom. The van der Waals surface area contributed by atoms with Crippen molar-refractivity contribution in [3.05, 3.63) is 29.8 Å². The van der Waals surface area contributed by atoms with Crippen LogP contribution in [-0.2, 0) is 24.4 Å². The van der Waals surface area contributed by atoms with Crippen molar-refractivity contribution in [1.82, 2.24) is 14.9 Å². The topological polar surface area (TPSA) is 133 Å². The molecule has 3 N–H and O–H groups in total. The van der Waals surface area contributed by atoms with Gasteiger partial charge in [0, 0.05) is 27.0 Å². The van der Waals surface area contributed by atoms with Gasteiger partial charge in [-0.2, -0.15) is 27.8 Å². The number of nitrogens with zero attached hydrogens (tertiary/aromatic N) is 1. The molecule has 1 rings (SSSR count). The van der Waals surface area contributed by atoms with E-state index in [2.05, 4.69) is 31.4 Å². The van der Waals surface area contributed by atoms with Crippen molar-refractivity contribution in [3.8, 4) is 0 Å². The highest BCUT2D eigenvalue weighted by molar-refractivity contribution is 8.00. The number of amides is 2. The van der Waals surface area contributed by atoms with Crippen molar-refractivity contribution in [1.29, 1.82) is 0 Å². The smallest absolute Gasteiger partial charge is 0.327 e. The van der Waals surface area contributed by atoms with E-state index < -0.39 is 46.9 Å². The Balaban J connectivity index is 3.07. The predicted molar refractivity (Wildman–Crippen MR) is 152 cm³/mol. The second-order valence-corrected chi connectivity index (χ2v) is 16.5. The Morgan fingerprint density at radius 3 is 1.81 bits per heavy atom. The molecule has 210 valence electrons. The van der Waals surface area contributed by atoms with Gasteiger partial charge in [0.25, 0.3) is 0 Å². The molecule has 0 radical (unpaired) electrons. The van der Waals surface area contributed by atoms with Crippen molar-refractivity contribution >= 4 is 51.3 Å². The first-order chi connectivity index (χ1) is 16.8. The van der Waals surface area contributed by atoms with Crippen LogP contribution in [-0.4, -0.2) is 81.8 Å². The fraction of sp³-hybridized carbons (Fsp3) is 0.640. The molecule has 37 heavy (non-hydrogen) atoms.